The average Bonchev–Trinajstić information content (AvgIpc) is 3.30. The molecular formula is C26H24F4N2O. The van der Waals surface area contributed by atoms with Crippen LogP contribution in [-0.4, -0.2) is 17.4 Å². The largest absolute Gasteiger partial charge is 0.416 e. The highest BCUT2D eigenvalue weighted by molar-refractivity contribution is 5.84. The number of nitrogens with one attached hydrogen (secondary N) is 1. The first-order chi connectivity index (χ1) is 15.8. The molecule has 0 saturated carbocycles. The Morgan fingerprint density at radius 2 is 1.64 bits per heavy atom. The third-order valence-corrected chi connectivity index (χ3v) is 5.99. The number of carbonyl (C=O) groups is 1. The zero-order chi connectivity index (χ0) is 23.4. The minimum absolute atomic E-state index is 0.0634. The van der Waals surface area contributed by atoms with Gasteiger partial charge in [-0.3, -0.25) is 10.1 Å². The Balaban J connectivity index is 1.62. The molecule has 1 aliphatic rings. The zero-order valence-corrected chi connectivity index (χ0v) is 17.9. The smallest absolute Gasteiger partial charge is 0.334 e. The van der Waals surface area contributed by atoms with E-state index in [1.54, 1.807) is 23.1 Å². The molecule has 1 amide bonds. The normalized spacial score (nSPS) is 17.2. The van der Waals surface area contributed by atoms with E-state index in [0.29, 0.717) is 17.7 Å². The molecule has 7 heteroatoms. The molecule has 2 atom stereocenters. The molecule has 1 aliphatic heterocycles. The molecule has 0 aliphatic carbocycles. The summed E-state index contributed by atoms with van der Waals surface area (Å²) in [6, 6.07) is 19.4. The van der Waals surface area contributed by atoms with E-state index < -0.39 is 23.6 Å². The van der Waals surface area contributed by atoms with E-state index in [1.165, 1.54) is 18.2 Å². The number of rotatable bonds is 6. The van der Waals surface area contributed by atoms with Gasteiger partial charge in [-0.2, -0.15) is 13.2 Å². The van der Waals surface area contributed by atoms with Crippen molar-refractivity contribution in [2.24, 2.45) is 0 Å². The van der Waals surface area contributed by atoms with Crippen LogP contribution >= 0.6 is 0 Å². The van der Waals surface area contributed by atoms with Crippen LogP contribution in [0.4, 0.5) is 17.6 Å². The fraction of sp³-hybridized carbons (Fsp3) is 0.269. The molecule has 0 spiro atoms. The van der Waals surface area contributed by atoms with Crippen LogP contribution in [0, 0.1) is 5.82 Å². The third kappa shape index (κ3) is 5.25. The highest BCUT2D eigenvalue weighted by atomic mass is 19.4. The van der Waals surface area contributed by atoms with Gasteiger partial charge in [0.15, 0.2) is 0 Å². The fourth-order valence-corrected chi connectivity index (χ4v) is 4.28. The minimum Gasteiger partial charge on any atom is -0.334 e. The van der Waals surface area contributed by atoms with Crippen LogP contribution in [-0.2, 0) is 17.5 Å². The van der Waals surface area contributed by atoms with Gasteiger partial charge in [-0.25, -0.2) is 4.39 Å². The van der Waals surface area contributed by atoms with Gasteiger partial charge >= 0.3 is 6.18 Å². The number of halogens is 4. The monoisotopic (exact) mass is 456 g/mol. The summed E-state index contributed by atoms with van der Waals surface area (Å²) < 4.78 is 53.3. The lowest BCUT2D eigenvalue weighted by atomic mass is 10.0. The Labute approximate surface area is 190 Å². The van der Waals surface area contributed by atoms with Crippen molar-refractivity contribution in [1.82, 2.24) is 10.2 Å². The maximum atomic E-state index is 14.2. The summed E-state index contributed by atoms with van der Waals surface area (Å²) in [4.78, 5) is 15.4. The second-order valence-electron chi connectivity index (χ2n) is 8.13. The molecule has 3 aromatic rings. The van der Waals surface area contributed by atoms with E-state index >= 15 is 0 Å². The summed E-state index contributed by atoms with van der Waals surface area (Å²) in [7, 11) is 0. The van der Waals surface area contributed by atoms with Crippen molar-refractivity contribution in [2.75, 3.05) is 6.54 Å². The van der Waals surface area contributed by atoms with Gasteiger partial charge < -0.3 is 4.90 Å². The molecule has 0 bridgehead atoms. The predicted molar refractivity (Wildman–Crippen MR) is 118 cm³/mol. The van der Waals surface area contributed by atoms with E-state index in [-0.39, 0.29) is 18.5 Å². The Hall–Kier alpha value is -3.19. The maximum Gasteiger partial charge on any atom is 0.416 e. The van der Waals surface area contributed by atoms with Crippen LogP contribution in [0.15, 0.2) is 78.9 Å². The van der Waals surface area contributed by atoms with E-state index in [1.807, 2.05) is 30.3 Å². The van der Waals surface area contributed by atoms with E-state index in [0.717, 1.165) is 30.5 Å². The van der Waals surface area contributed by atoms with Crippen molar-refractivity contribution in [3.05, 3.63) is 107 Å². The Morgan fingerprint density at radius 3 is 2.30 bits per heavy atom. The molecule has 0 radical (unpaired) electrons. The van der Waals surface area contributed by atoms with Crippen molar-refractivity contribution in [2.45, 2.75) is 37.6 Å². The quantitative estimate of drug-likeness (QED) is 0.459. The standard InChI is InChI=1S/C26H24F4N2O/c27-22-10-5-4-9-20(22)17-31-24(19-12-14-21(15-13-19)26(28,29)30)25(33)32-16-6-11-23(32)18-7-2-1-3-8-18/h1-5,7-10,12-15,23-24,31H,6,11,16-17H2. The van der Waals surface area contributed by atoms with Crippen LogP contribution in [0.25, 0.3) is 0 Å². The number of amides is 1. The molecule has 1 N–H and O–H groups in total. The van der Waals surface area contributed by atoms with Gasteiger partial charge in [0, 0.05) is 18.7 Å². The number of benzene rings is 3. The van der Waals surface area contributed by atoms with Crippen LogP contribution in [0.2, 0.25) is 0 Å². The third-order valence-electron chi connectivity index (χ3n) is 5.99. The molecule has 33 heavy (non-hydrogen) atoms. The SMILES string of the molecule is O=C(C(NCc1ccccc1F)c1ccc(C(F)(F)F)cc1)N1CCCC1c1ccccc1. The number of likely N-dealkylation sites (tertiary alicyclic amines) is 1. The molecular weight excluding hydrogens is 432 g/mol. The molecule has 3 aromatic carbocycles. The van der Waals surface area contributed by atoms with Crippen molar-refractivity contribution >= 4 is 5.91 Å². The van der Waals surface area contributed by atoms with Crippen LogP contribution in [0.3, 0.4) is 0 Å². The lowest BCUT2D eigenvalue weighted by molar-refractivity contribution is -0.137. The highest BCUT2D eigenvalue weighted by Gasteiger charge is 2.35. The lowest BCUT2D eigenvalue weighted by Crippen LogP contribution is -2.40. The lowest BCUT2D eigenvalue weighted by Gasteiger charge is -2.30. The van der Waals surface area contributed by atoms with Gasteiger partial charge in [-0.15, -0.1) is 0 Å². The summed E-state index contributed by atoms with van der Waals surface area (Å²) in [5.41, 5.74) is 1.02. The van der Waals surface area contributed by atoms with Gasteiger partial charge in [0.2, 0.25) is 5.91 Å². The summed E-state index contributed by atoms with van der Waals surface area (Å²) in [6.07, 6.45) is -2.83. The van der Waals surface area contributed by atoms with Crippen molar-refractivity contribution < 1.29 is 22.4 Å². The number of hydrogen-bond acceptors (Lipinski definition) is 2. The highest BCUT2D eigenvalue weighted by Crippen LogP contribution is 2.35. The first-order valence-electron chi connectivity index (χ1n) is 10.8. The van der Waals surface area contributed by atoms with Crippen LogP contribution < -0.4 is 5.32 Å². The summed E-state index contributed by atoms with van der Waals surface area (Å²) in [5, 5.41) is 3.09. The molecule has 1 heterocycles. The topological polar surface area (TPSA) is 32.3 Å². The second-order valence-corrected chi connectivity index (χ2v) is 8.13. The Morgan fingerprint density at radius 1 is 0.970 bits per heavy atom. The Kier molecular flexibility index (Phi) is 6.79. The van der Waals surface area contributed by atoms with Crippen LogP contribution in [0.5, 0.6) is 0 Å². The first-order valence-corrected chi connectivity index (χ1v) is 10.8. The van der Waals surface area contributed by atoms with E-state index in [4.69, 9.17) is 0 Å². The maximum absolute atomic E-state index is 14.2. The molecule has 2 unspecified atom stereocenters. The number of alkyl halides is 3. The minimum atomic E-state index is -4.47. The molecule has 4 rings (SSSR count). The molecule has 1 saturated heterocycles. The zero-order valence-electron chi connectivity index (χ0n) is 17.9. The Bertz CT molecular complexity index is 1080. The fourth-order valence-electron chi connectivity index (χ4n) is 4.28. The average molecular weight is 456 g/mol. The van der Waals surface area contributed by atoms with Crippen LogP contribution in [0.1, 0.15) is 47.2 Å². The second kappa shape index (κ2) is 9.75. The van der Waals surface area contributed by atoms with Gasteiger partial charge in [0.25, 0.3) is 0 Å². The summed E-state index contributed by atoms with van der Waals surface area (Å²) in [5.74, 6) is -0.649. The number of hydrogen-bond donors (Lipinski definition) is 1. The number of carbonyl (C=O) groups excluding carboxylic acids is 1. The number of nitrogens with zero attached hydrogens (tertiary/aromatic N) is 1. The van der Waals surface area contributed by atoms with Crippen molar-refractivity contribution in [3.63, 3.8) is 0 Å². The molecule has 1 fully saturated rings. The summed E-state index contributed by atoms with van der Waals surface area (Å²) >= 11 is 0. The first kappa shape index (κ1) is 23.0. The molecule has 3 nitrogen and oxygen atoms in total. The van der Waals surface area contributed by atoms with E-state index in [2.05, 4.69) is 5.32 Å². The van der Waals surface area contributed by atoms with Gasteiger partial charge in [-0.05, 0) is 42.2 Å². The summed E-state index contributed by atoms with van der Waals surface area (Å²) in [6.45, 7) is 0.616. The van der Waals surface area contributed by atoms with Gasteiger partial charge in [-0.1, -0.05) is 60.7 Å². The van der Waals surface area contributed by atoms with Crippen molar-refractivity contribution in [3.8, 4) is 0 Å². The van der Waals surface area contributed by atoms with Gasteiger partial charge in [0.1, 0.15) is 11.9 Å². The van der Waals surface area contributed by atoms with Crippen molar-refractivity contribution in [1.29, 1.82) is 0 Å². The predicted octanol–water partition coefficient (Wildman–Crippen LogP) is 6.04. The molecule has 172 valence electrons. The van der Waals surface area contributed by atoms with Gasteiger partial charge in [0.05, 0.1) is 11.6 Å². The van der Waals surface area contributed by atoms with E-state index in [9.17, 15) is 22.4 Å². The molecule has 0 aromatic heterocycles.